The van der Waals surface area contributed by atoms with Crippen LogP contribution < -0.4 is 11.1 Å². The van der Waals surface area contributed by atoms with Crippen molar-refractivity contribution in [1.29, 1.82) is 0 Å². The Morgan fingerprint density at radius 3 is 2.54 bits per heavy atom. The molecule has 1 saturated heterocycles. The maximum absolute atomic E-state index is 12.4. The van der Waals surface area contributed by atoms with Gasteiger partial charge < -0.3 is 16.0 Å². The largest absolute Gasteiger partial charge is 0.364 e. The Morgan fingerprint density at radius 2 is 2.00 bits per heavy atom. The minimum atomic E-state index is -0.594. The van der Waals surface area contributed by atoms with Crippen LogP contribution >= 0.6 is 0 Å². The Bertz CT molecular complexity index is 651. The number of nitrogens with one attached hydrogen (secondary N) is 1. The molecule has 24 heavy (non-hydrogen) atoms. The number of primary amides is 1. The summed E-state index contributed by atoms with van der Waals surface area (Å²) in [6, 6.07) is -0.00334. The van der Waals surface area contributed by atoms with Gasteiger partial charge in [-0.1, -0.05) is 32.9 Å². The number of aromatic nitrogens is 3. The van der Waals surface area contributed by atoms with Gasteiger partial charge in [-0.15, -0.1) is 5.10 Å². The van der Waals surface area contributed by atoms with Gasteiger partial charge in [0.2, 0.25) is 0 Å². The number of urea groups is 1. The fraction of sp³-hybridized carbons (Fsp3) is 0.750. The van der Waals surface area contributed by atoms with Crippen molar-refractivity contribution in [3.8, 4) is 0 Å². The summed E-state index contributed by atoms with van der Waals surface area (Å²) < 4.78 is 1.63. The van der Waals surface area contributed by atoms with Gasteiger partial charge in [-0.25, -0.2) is 9.48 Å². The molecule has 132 valence electrons. The average Bonchev–Trinajstić information content (AvgIpc) is 3.03. The molecule has 1 aliphatic heterocycles. The van der Waals surface area contributed by atoms with Crippen LogP contribution in [0.4, 0.5) is 4.79 Å². The molecule has 0 aromatic carbocycles. The number of hydrogen-bond acceptors (Lipinski definition) is 4. The first kappa shape index (κ1) is 16.7. The van der Waals surface area contributed by atoms with E-state index in [9.17, 15) is 9.59 Å². The summed E-state index contributed by atoms with van der Waals surface area (Å²) in [5.41, 5.74) is 5.87. The molecule has 1 aliphatic carbocycles. The quantitative estimate of drug-likeness (QED) is 0.857. The third kappa shape index (κ3) is 2.63. The summed E-state index contributed by atoms with van der Waals surface area (Å²) in [6.45, 7) is 10.9. The molecule has 1 aromatic heterocycles. The van der Waals surface area contributed by atoms with Crippen molar-refractivity contribution in [3.63, 3.8) is 0 Å². The van der Waals surface area contributed by atoms with Gasteiger partial charge in [0.05, 0.1) is 12.2 Å². The first-order chi connectivity index (χ1) is 11.1. The van der Waals surface area contributed by atoms with Crippen molar-refractivity contribution in [3.05, 3.63) is 11.9 Å². The monoisotopic (exact) mass is 334 g/mol. The van der Waals surface area contributed by atoms with Crippen LogP contribution in [0, 0.1) is 16.7 Å². The van der Waals surface area contributed by atoms with E-state index in [0.29, 0.717) is 25.6 Å². The standard InChI is InChI=1S/C16H26N6O2/c1-15(2)12(16(15,3)4)7-18-14(24)21-6-5-10(8-21)22-9-11(13(17)23)19-20-22/h9-10,12H,5-8H2,1-4H3,(H2,17,23)(H,18,24). The molecule has 0 radical (unpaired) electrons. The number of carbonyl (C=O) groups is 2. The topological polar surface area (TPSA) is 106 Å². The summed E-state index contributed by atoms with van der Waals surface area (Å²) in [6.07, 6.45) is 2.33. The van der Waals surface area contributed by atoms with E-state index in [1.807, 2.05) is 0 Å². The lowest BCUT2D eigenvalue weighted by Gasteiger charge is -2.17. The van der Waals surface area contributed by atoms with E-state index in [4.69, 9.17) is 5.73 Å². The molecule has 3 N–H and O–H groups in total. The first-order valence-electron chi connectivity index (χ1n) is 8.39. The molecule has 3 amide bonds. The summed E-state index contributed by atoms with van der Waals surface area (Å²) in [5.74, 6) is -0.0932. The molecular formula is C16H26N6O2. The molecule has 2 aliphatic rings. The van der Waals surface area contributed by atoms with Gasteiger partial charge in [-0.2, -0.15) is 0 Å². The first-order valence-corrected chi connectivity index (χ1v) is 8.39. The highest BCUT2D eigenvalue weighted by Crippen LogP contribution is 2.67. The van der Waals surface area contributed by atoms with Crippen LogP contribution in [0.25, 0.3) is 0 Å². The zero-order valence-electron chi connectivity index (χ0n) is 14.7. The van der Waals surface area contributed by atoms with Crippen molar-refractivity contribution >= 4 is 11.9 Å². The lowest BCUT2D eigenvalue weighted by molar-refractivity contribution is 0.0995. The number of amides is 3. The highest BCUT2D eigenvalue weighted by molar-refractivity contribution is 5.90. The zero-order chi connectivity index (χ0) is 17.7. The summed E-state index contributed by atoms with van der Waals surface area (Å²) in [5, 5.41) is 10.8. The van der Waals surface area contributed by atoms with E-state index in [1.165, 1.54) is 0 Å². The van der Waals surface area contributed by atoms with Crippen LogP contribution in [0.5, 0.6) is 0 Å². The van der Waals surface area contributed by atoms with Gasteiger partial charge >= 0.3 is 6.03 Å². The van der Waals surface area contributed by atoms with Gasteiger partial charge in [0.25, 0.3) is 5.91 Å². The van der Waals surface area contributed by atoms with Crippen LogP contribution in [0.3, 0.4) is 0 Å². The summed E-state index contributed by atoms with van der Waals surface area (Å²) in [7, 11) is 0. The average molecular weight is 334 g/mol. The van der Waals surface area contributed by atoms with Gasteiger partial charge in [-0.05, 0) is 23.2 Å². The maximum Gasteiger partial charge on any atom is 0.317 e. The summed E-state index contributed by atoms with van der Waals surface area (Å²) in [4.78, 5) is 25.3. The lowest BCUT2D eigenvalue weighted by atomic mass is 10.0. The highest BCUT2D eigenvalue weighted by atomic mass is 16.2. The van der Waals surface area contributed by atoms with E-state index in [-0.39, 0.29) is 28.6 Å². The molecule has 1 saturated carbocycles. The predicted octanol–water partition coefficient (Wildman–Crippen LogP) is 1.02. The predicted molar refractivity (Wildman–Crippen MR) is 88.2 cm³/mol. The van der Waals surface area contributed by atoms with Crippen LogP contribution in [-0.2, 0) is 0 Å². The van der Waals surface area contributed by atoms with Crippen molar-refractivity contribution < 1.29 is 9.59 Å². The number of likely N-dealkylation sites (tertiary alicyclic amines) is 1. The molecule has 1 unspecified atom stereocenters. The second kappa shape index (κ2) is 5.46. The SMILES string of the molecule is CC1(C)C(CNC(=O)N2CCC(n3cc(C(N)=O)nn3)C2)C1(C)C. The van der Waals surface area contributed by atoms with Crippen molar-refractivity contribution in [2.24, 2.45) is 22.5 Å². The molecule has 2 fully saturated rings. The number of carbonyl (C=O) groups excluding carboxylic acids is 2. The van der Waals surface area contributed by atoms with Crippen molar-refractivity contribution in [1.82, 2.24) is 25.2 Å². The minimum Gasteiger partial charge on any atom is -0.364 e. The van der Waals surface area contributed by atoms with Crippen LogP contribution in [0.1, 0.15) is 50.6 Å². The van der Waals surface area contributed by atoms with Gasteiger partial charge in [0.15, 0.2) is 5.69 Å². The second-order valence-corrected chi connectivity index (χ2v) is 8.02. The third-order valence-electron chi connectivity index (χ3n) is 6.36. The number of rotatable bonds is 4. The van der Waals surface area contributed by atoms with Crippen LogP contribution in [-0.4, -0.2) is 51.5 Å². The van der Waals surface area contributed by atoms with E-state index in [1.54, 1.807) is 15.8 Å². The number of nitrogens with zero attached hydrogens (tertiary/aromatic N) is 4. The minimum absolute atomic E-state index is 0.0326. The molecule has 3 rings (SSSR count). The van der Waals surface area contributed by atoms with Gasteiger partial charge in [0.1, 0.15) is 0 Å². The second-order valence-electron chi connectivity index (χ2n) is 8.02. The Balaban J connectivity index is 1.52. The van der Waals surface area contributed by atoms with Gasteiger partial charge in [0, 0.05) is 19.6 Å². The van der Waals surface area contributed by atoms with Crippen molar-refractivity contribution in [2.75, 3.05) is 19.6 Å². The van der Waals surface area contributed by atoms with Gasteiger partial charge in [-0.3, -0.25) is 4.79 Å². The van der Waals surface area contributed by atoms with E-state index < -0.39 is 5.91 Å². The number of hydrogen-bond donors (Lipinski definition) is 2. The Kier molecular flexibility index (Phi) is 3.80. The molecular weight excluding hydrogens is 308 g/mol. The Labute approximate surface area is 141 Å². The van der Waals surface area contributed by atoms with E-state index in [0.717, 1.165) is 6.42 Å². The molecule has 8 heteroatoms. The molecule has 2 heterocycles. The fourth-order valence-electron chi connectivity index (χ4n) is 3.85. The van der Waals surface area contributed by atoms with E-state index in [2.05, 4.69) is 43.3 Å². The fourth-order valence-corrected chi connectivity index (χ4v) is 3.85. The van der Waals surface area contributed by atoms with Crippen molar-refractivity contribution in [2.45, 2.75) is 40.2 Å². The Morgan fingerprint density at radius 1 is 1.33 bits per heavy atom. The molecule has 8 nitrogen and oxygen atoms in total. The zero-order valence-corrected chi connectivity index (χ0v) is 14.7. The smallest absolute Gasteiger partial charge is 0.317 e. The summed E-state index contributed by atoms with van der Waals surface area (Å²) >= 11 is 0. The molecule has 0 spiro atoms. The highest BCUT2D eigenvalue weighted by Gasteiger charge is 2.64. The molecule has 0 bridgehead atoms. The third-order valence-corrected chi connectivity index (χ3v) is 6.36. The lowest BCUT2D eigenvalue weighted by Crippen LogP contribution is -2.40. The maximum atomic E-state index is 12.4. The van der Waals surface area contributed by atoms with E-state index >= 15 is 0 Å². The molecule has 1 atom stereocenters. The Hall–Kier alpha value is -2.12. The number of nitrogens with two attached hydrogens (primary N) is 1. The normalized spacial score (nSPS) is 24.8. The molecule has 1 aromatic rings. The van der Waals surface area contributed by atoms with Crippen LogP contribution in [0.2, 0.25) is 0 Å². The van der Waals surface area contributed by atoms with Crippen LogP contribution in [0.15, 0.2) is 6.20 Å².